The largest absolute Gasteiger partial charge is 0.373 e. The molecule has 0 bridgehead atoms. The molecule has 20 heavy (non-hydrogen) atoms. The van der Waals surface area contributed by atoms with E-state index in [-0.39, 0.29) is 6.04 Å². The minimum Gasteiger partial charge on any atom is -0.373 e. The molecule has 0 saturated carbocycles. The van der Waals surface area contributed by atoms with E-state index in [1.807, 2.05) is 37.6 Å². The molecule has 0 radical (unpaired) electrons. The molecule has 1 aromatic carbocycles. The molecule has 5 nitrogen and oxygen atoms in total. The van der Waals surface area contributed by atoms with E-state index in [2.05, 4.69) is 15.3 Å². The topological polar surface area (TPSA) is 89.8 Å². The lowest BCUT2D eigenvalue weighted by molar-refractivity contribution is 0.814. The first-order valence-corrected chi connectivity index (χ1v) is 7.55. The molecule has 106 valence electrons. The van der Waals surface area contributed by atoms with Gasteiger partial charge in [-0.15, -0.1) is 0 Å². The number of hydrogen-bond acceptors (Lipinski definition) is 6. The molecule has 0 aliphatic rings. The van der Waals surface area contributed by atoms with Gasteiger partial charge in [-0.05, 0) is 17.4 Å². The summed E-state index contributed by atoms with van der Waals surface area (Å²) < 4.78 is 0. The number of thioether (sulfide) groups is 1. The van der Waals surface area contributed by atoms with Crippen LogP contribution in [0.5, 0.6) is 0 Å². The molecule has 0 aliphatic heterocycles. The minimum atomic E-state index is -0.298. The van der Waals surface area contributed by atoms with Crippen LogP contribution in [0.4, 0.5) is 5.82 Å². The molecule has 6 heteroatoms. The van der Waals surface area contributed by atoms with Crippen molar-refractivity contribution in [2.45, 2.75) is 17.7 Å². The summed E-state index contributed by atoms with van der Waals surface area (Å²) in [6.45, 7) is 0.461. The summed E-state index contributed by atoms with van der Waals surface area (Å²) in [5, 5.41) is 3.80. The quantitative estimate of drug-likeness (QED) is 0.574. The van der Waals surface area contributed by atoms with Crippen LogP contribution in [-0.2, 0) is 6.54 Å². The van der Waals surface area contributed by atoms with Crippen LogP contribution >= 0.6 is 11.8 Å². The lowest BCUT2D eigenvalue weighted by Gasteiger charge is -2.18. The fraction of sp³-hybridized carbons (Fsp3) is 0.286. The molecule has 5 N–H and O–H groups in total. The molecule has 0 spiro atoms. The molecule has 2 rings (SSSR count). The minimum absolute atomic E-state index is 0.298. The SMILES string of the molecule is CNc1nc(SC)ncc1C(N)c1ccccc1CN. The van der Waals surface area contributed by atoms with Crippen LogP contribution in [-0.4, -0.2) is 23.3 Å². The van der Waals surface area contributed by atoms with Crippen molar-refractivity contribution in [3.63, 3.8) is 0 Å². The van der Waals surface area contributed by atoms with Crippen LogP contribution < -0.4 is 16.8 Å². The summed E-state index contributed by atoms with van der Waals surface area (Å²) >= 11 is 1.50. The Bertz CT molecular complexity index is 588. The third-order valence-electron chi connectivity index (χ3n) is 3.16. The van der Waals surface area contributed by atoms with E-state index in [4.69, 9.17) is 11.5 Å². The zero-order valence-electron chi connectivity index (χ0n) is 11.6. The highest BCUT2D eigenvalue weighted by molar-refractivity contribution is 7.98. The first-order valence-electron chi connectivity index (χ1n) is 6.33. The monoisotopic (exact) mass is 289 g/mol. The van der Waals surface area contributed by atoms with Gasteiger partial charge in [-0.2, -0.15) is 0 Å². The first kappa shape index (κ1) is 14.8. The van der Waals surface area contributed by atoms with Gasteiger partial charge in [0.2, 0.25) is 0 Å². The van der Waals surface area contributed by atoms with E-state index < -0.39 is 0 Å². The Morgan fingerprint density at radius 3 is 2.70 bits per heavy atom. The molecule has 0 fully saturated rings. The van der Waals surface area contributed by atoms with Crippen molar-refractivity contribution in [2.75, 3.05) is 18.6 Å². The van der Waals surface area contributed by atoms with Crippen LogP contribution in [0.15, 0.2) is 35.6 Å². The molecule has 0 aliphatic carbocycles. The van der Waals surface area contributed by atoms with Crippen molar-refractivity contribution in [2.24, 2.45) is 11.5 Å². The van der Waals surface area contributed by atoms with E-state index in [1.54, 1.807) is 6.20 Å². The Morgan fingerprint density at radius 2 is 2.05 bits per heavy atom. The summed E-state index contributed by atoms with van der Waals surface area (Å²) in [4.78, 5) is 8.75. The van der Waals surface area contributed by atoms with Crippen molar-refractivity contribution >= 4 is 17.6 Å². The number of anilines is 1. The van der Waals surface area contributed by atoms with Gasteiger partial charge < -0.3 is 16.8 Å². The maximum Gasteiger partial charge on any atom is 0.189 e. The number of nitrogens with two attached hydrogens (primary N) is 2. The summed E-state index contributed by atoms with van der Waals surface area (Å²) in [5.74, 6) is 0.753. The molecular weight excluding hydrogens is 270 g/mol. The average molecular weight is 289 g/mol. The van der Waals surface area contributed by atoms with Crippen LogP contribution in [0.1, 0.15) is 22.7 Å². The van der Waals surface area contributed by atoms with Crippen molar-refractivity contribution < 1.29 is 0 Å². The zero-order chi connectivity index (χ0) is 14.5. The first-order chi connectivity index (χ1) is 9.71. The highest BCUT2D eigenvalue weighted by Crippen LogP contribution is 2.27. The third kappa shape index (κ3) is 2.92. The number of nitrogens with one attached hydrogen (secondary N) is 1. The number of aromatic nitrogens is 2. The Morgan fingerprint density at radius 1 is 1.30 bits per heavy atom. The lowest BCUT2D eigenvalue weighted by Crippen LogP contribution is -2.18. The molecule has 0 amide bonds. The van der Waals surface area contributed by atoms with Crippen LogP contribution in [0.2, 0.25) is 0 Å². The van der Waals surface area contributed by atoms with Gasteiger partial charge in [-0.25, -0.2) is 9.97 Å². The predicted octanol–water partition coefficient (Wildman–Crippen LogP) is 1.75. The number of nitrogens with zero attached hydrogens (tertiary/aromatic N) is 2. The number of benzene rings is 1. The van der Waals surface area contributed by atoms with Gasteiger partial charge in [-0.3, -0.25) is 0 Å². The maximum absolute atomic E-state index is 6.38. The molecule has 0 saturated heterocycles. The van der Waals surface area contributed by atoms with Gasteiger partial charge in [0.15, 0.2) is 5.16 Å². The second kappa shape index (κ2) is 6.69. The van der Waals surface area contributed by atoms with Crippen molar-refractivity contribution in [3.8, 4) is 0 Å². The normalized spacial score (nSPS) is 12.2. The molecule has 2 aromatic rings. The Labute approximate surface area is 123 Å². The zero-order valence-corrected chi connectivity index (χ0v) is 12.4. The summed E-state index contributed by atoms with van der Waals surface area (Å²) in [5.41, 5.74) is 15.1. The highest BCUT2D eigenvalue weighted by atomic mass is 32.2. The van der Waals surface area contributed by atoms with Crippen LogP contribution in [0, 0.1) is 0 Å². The fourth-order valence-corrected chi connectivity index (χ4v) is 2.43. The molecule has 1 heterocycles. The van der Waals surface area contributed by atoms with Gasteiger partial charge in [0.05, 0.1) is 6.04 Å². The summed E-state index contributed by atoms with van der Waals surface area (Å²) in [6.07, 6.45) is 3.72. The third-order valence-corrected chi connectivity index (χ3v) is 3.72. The van der Waals surface area contributed by atoms with Gasteiger partial charge in [-0.1, -0.05) is 36.0 Å². The van der Waals surface area contributed by atoms with E-state index >= 15 is 0 Å². The van der Waals surface area contributed by atoms with Gasteiger partial charge >= 0.3 is 0 Å². The van der Waals surface area contributed by atoms with E-state index in [0.717, 1.165) is 27.7 Å². The average Bonchev–Trinajstić information content (AvgIpc) is 2.53. The standard InChI is InChI=1S/C14H19N5S/c1-17-13-11(8-18-14(19-13)20-2)12(16)10-6-4-3-5-9(10)7-15/h3-6,8,12H,7,15-16H2,1-2H3,(H,17,18,19). The van der Waals surface area contributed by atoms with Gasteiger partial charge in [0.25, 0.3) is 0 Å². The molecule has 1 atom stereocenters. The van der Waals surface area contributed by atoms with Crippen molar-refractivity contribution in [3.05, 3.63) is 47.2 Å². The second-order valence-corrected chi connectivity index (χ2v) is 5.06. The van der Waals surface area contributed by atoms with Crippen LogP contribution in [0.3, 0.4) is 0 Å². The highest BCUT2D eigenvalue weighted by Gasteiger charge is 2.17. The van der Waals surface area contributed by atoms with Gasteiger partial charge in [0, 0.05) is 25.4 Å². The van der Waals surface area contributed by atoms with E-state index in [0.29, 0.717) is 6.54 Å². The molecule has 1 aromatic heterocycles. The summed E-state index contributed by atoms with van der Waals surface area (Å²) in [6, 6.07) is 7.61. The lowest BCUT2D eigenvalue weighted by atomic mass is 9.96. The van der Waals surface area contributed by atoms with E-state index in [9.17, 15) is 0 Å². The summed E-state index contributed by atoms with van der Waals surface area (Å²) in [7, 11) is 1.83. The molecular formula is C14H19N5S. The van der Waals surface area contributed by atoms with Crippen molar-refractivity contribution in [1.29, 1.82) is 0 Å². The predicted molar refractivity (Wildman–Crippen MR) is 83.7 cm³/mol. The number of rotatable bonds is 5. The smallest absolute Gasteiger partial charge is 0.189 e. The van der Waals surface area contributed by atoms with Gasteiger partial charge in [0.1, 0.15) is 5.82 Å². The Hall–Kier alpha value is -1.63. The van der Waals surface area contributed by atoms with Crippen LogP contribution in [0.25, 0.3) is 0 Å². The van der Waals surface area contributed by atoms with Crippen molar-refractivity contribution in [1.82, 2.24) is 9.97 Å². The van der Waals surface area contributed by atoms with E-state index in [1.165, 1.54) is 11.8 Å². The fourth-order valence-electron chi connectivity index (χ4n) is 2.09. The number of hydrogen-bond donors (Lipinski definition) is 3. The Balaban J connectivity index is 2.45. The Kier molecular flexibility index (Phi) is 4.94. The second-order valence-electron chi connectivity index (χ2n) is 4.29. The maximum atomic E-state index is 6.38. The molecule has 1 unspecified atom stereocenters.